The highest BCUT2D eigenvalue weighted by Crippen LogP contribution is 2.38. The number of carbonyl (C=O) groups is 1. The second-order valence-corrected chi connectivity index (χ2v) is 11.0. The van der Waals surface area contributed by atoms with Crippen molar-refractivity contribution in [3.05, 3.63) is 59.8 Å². The minimum absolute atomic E-state index is 0.0256. The van der Waals surface area contributed by atoms with Crippen LogP contribution < -0.4 is 16.6 Å². The van der Waals surface area contributed by atoms with E-state index in [1.807, 2.05) is 62.6 Å². The zero-order valence-electron chi connectivity index (χ0n) is 22.3. The zero-order valence-corrected chi connectivity index (χ0v) is 22.3. The molecule has 0 radical (unpaired) electrons. The standard InChI is InChI=1S/C28H31BN6O3/c1-16(36)32-21-11-8-17-15-18(9-10-19(17)21)35-25(20-7-6-14-31-24(20)30)33-22-12-13-23(34-26(22)35)29-37-27(2,3)28(4,5)38-29/h6-7,9-10,12-15,21H,8,11H2,1-5H3,(H2,30,31)(H,32,36). The molecule has 4 heterocycles. The number of nitrogens with one attached hydrogen (secondary N) is 1. The summed E-state index contributed by atoms with van der Waals surface area (Å²) >= 11 is 0. The summed E-state index contributed by atoms with van der Waals surface area (Å²) < 4.78 is 14.6. The van der Waals surface area contributed by atoms with Gasteiger partial charge in [-0.2, -0.15) is 0 Å². The molecule has 0 bridgehead atoms. The molecule has 3 aromatic heterocycles. The van der Waals surface area contributed by atoms with Gasteiger partial charge in [0.05, 0.1) is 28.4 Å². The summed E-state index contributed by atoms with van der Waals surface area (Å²) in [6, 6.07) is 13.9. The van der Waals surface area contributed by atoms with Crippen LogP contribution in [0.2, 0.25) is 0 Å². The number of hydrogen-bond acceptors (Lipinski definition) is 7. The number of benzene rings is 1. The van der Waals surface area contributed by atoms with Crippen molar-refractivity contribution in [1.82, 2.24) is 24.8 Å². The van der Waals surface area contributed by atoms with Gasteiger partial charge in [0.25, 0.3) is 0 Å². The molecule has 1 saturated heterocycles. The maximum atomic E-state index is 11.7. The molecule has 38 heavy (non-hydrogen) atoms. The average Bonchev–Trinajstić information content (AvgIpc) is 3.49. The molecule has 3 N–H and O–H groups in total. The highest BCUT2D eigenvalue weighted by Gasteiger charge is 2.52. The number of nitrogens with zero attached hydrogens (tertiary/aromatic N) is 4. The summed E-state index contributed by atoms with van der Waals surface area (Å²) in [5, 5.41) is 3.06. The van der Waals surface area contributed by atoms with E-state index in [0.717, 1.165) is 35.2 Å². The molecule has 0 spiro atoms. The molecule has 1 atom stereocenters. The summed E-state index contributed by atoms with van der Waals surface area (Å²) in [6.45, 7) is 9.66. The van der Waals surface area contributed by atoms with Crippen LogP contribution in [0.5, 0.6) is 0 Å². The number of aromatic nitrogens is 4. The van der Waals surface area contributed by atoms with Crippen LogP contribution in [-0.2, 0) is 20.5 Å². The second-order valence-electron chi connectivity index (χ2n) is 11.0. The predicted molar refractivity (Wildman–Crippen MR) is 147 cm³/mol. The number of nitrogen functional groups attached to an aromatic ring is 1. The molecule has 1 unspecified atom stereocenters. The van der Waals surface area contributed by atoms with Crippen LogP contribution in [0.25, 0.3) is 28.2 Å². The van der Waals surface area contributed by atoms with Crippen molar-refractivity contribution < 1.29 is 14.1 Å². The van der Waals surface area contributed by atoms with Gasteiger partial charge in [-0.3, -0.25) is 9.36 Å². The second kappa shape index (κ2) is 8.64. The number of aryl methyl sites for hydroxylation is 1. The van der Waals surface area contributed by atoms with E-state index in [1.54, 1.807) is 13.1 Å². The number of rotatable bonds is 4. The third-order valence-corrected chi connectivity index (χ3v) is 7.94. The molecule has 194 valence electrons. The lowest BCUT2D eigenvalue weighted by Gasteiger charge is -2.32. The maximum Gasteiger partial charge on any atom is 0.514 e. The quantitative estimate of drug-likeness (QED) is 0.404. The van der Waals surface area contributed by atoms with Crippen molar-refractivity contribution in [3.8, 4) is 17.1 Å². The smallest absolute Gasteiger partial charge is 0.398 e. The van der Waals surface area contributed by atoms with Gasteiger partial charge in [-0.15, -0.1) is 0 Å². The first kappa shape index (κ1) is 24.6. The third kappa shape index (κ3) is 3.95. The molecule has 4 aromatic rings. The normalized spacial score (nSPS) is 19.6. The Bertz CT molecular complexity index is 1560. The van der Waals surface area contributed by atoms with Gasteiger partial charge in [0.15, 0.2) is 11.5 Å². The number of carbonyl (C=O) groups excluding carboxylic acids is 1. The average molecular weight is 510 g/mol. The van der Waals surface area contributed by atoms with E-state index in [-0.39, 0.29) is 11.9 Å². The van der Waals surface area contributed by atoms with Crippen LogP contribution in [0, 0.1) is 0 Å². The molecule has 10 heteroatoms. The Kier molecular flexibility index (Phi) is 5.59. The number of fused-ring (bicyclic) bond motifs is 2. The van der Waals surface area contributed by atoms with Crippen molar-refractivity contribution in [3.63, 3.8) is 0 Å². The fourth-order valence-electron chi connectivity index (χ4n) is 5.24. The molecule has 6 rings (SSSR count). The molecule has 1 aromatic carbocycles. The van der Waals surface area contributed by atoms with Gasteiger partial charge in [0.1, 0.15) is 11.3 Å². The van der Waals surface area contributed by atoms with Gasteiger partial charge in [-0.05, 0) is 88.1 Å². The first-order valence-electron chi connectivity index (χ1n) is 12.9. The van der Waals surface area contributed by atoms with E-state index in [0.29, 0.717) is 22.9 Å². The van der Waals surface area contributed by atoms with E-state index in [4.69, 9.17) is 25.0 Å². The maximum absolute atomic E-state index is 11.7. The Morgan fingerprint density at radius 3 is 2.58 bits per heavy atom. The minimum Gasteiger partial charge on any atom is -0.398 e. The number of imidazole rings is 1. The van der Waals surface area contributed by atoms with Crippen LogP contribution in [0.1, 0.15) is 58.2 Å². The van der Waals surface area contributed by atoms with Gasteiger partial charge < -0.3 is 20.4 Å². The summed E-state index contributed by atoms with van der Waals surface area (Å²) in [5.74, 6) is 1.02. The number of amides is 1. The summed E-state index contributed by atoms with van der Waals surface area (Å²) in [7, 11) is -0.599. The van der Waals surface area contributed by atoms with E-state index >= 15 is 0 Å². The van der Waals surface area contributed by atoms with E-state index < -0.39 is 18.3 Å². The number of anilines is 1. The third-order valence-electron chi connectivity index (χ3n) is 7.94. The molecular formula is C28H31BN6O3. The predicted octanol–water partition coefficient (Wildman–Crippen LogP) is 3.49. The molecule has 1 amide bonds. The van der Waals surface area contributed by atoms with Crippen LogP contribution in [-0.4, -0.2) is 43.7 Å². The van der Waals surface area contributed by atoms with Gasteiger partial charge in [-0.1, -0.05) is 6.07 Å². The SMILES string of the molecule is CC(=O)NC1CCc2cc(-n3c(-c4cccnc4N)nc4ccc(B5OC(C)(C)C(C)(C)O5)nc43)ccc21. The summed E-state index contributed by atoms with van der Waals surface area (Å²) in [6.07, 6.45) is 3.41. The highest BCUT2D eigenvalue weighted by atomic mass is 16.7. The van der Waals surface area contributed by atoms with Crippen LogP contribution in [0.4, 0.5) is 5.82 Å². The molecule has 9 nitrogen and oxygen atoms in total. The number of pyridine rings is 2. The lowest BCUT2D eigenvalue weighted by atomic mass is 9.84. The molecule has 0 saturated carbocycles. The van der Waals surface area contributed by atoms with Crippen molar-refractivity contribution in [2.45, 2.75) is 64.7 Å². The van der Waals surface area contributed by atoms with Crippen LogP contribution in [0.3, 0.4) is 0 Å². The van der Waals surface area contributed by atoms with Gasteiger partial charge in [0.2, 0.25) is 5.91 Å². The fraction of sp³-hybridized carbons (Fsp3) is 0.357. The van der Waals surface area contributed by atoms with Gasteiger partial charge in [-0.25, -0.2) is 15.0 Å². The molecule has 1 fully saturated rings. The molecule has 1 aliphatic carbocycles. The topological polar surface area (TPSA) is 117 Å². The van der Waals surface area contributed by atoms with Crippen molar-refractivity contribution >= 4 is 35.6 Å². The minimum atomic E-state index is -0.599. The number of hydrogen-bond donors (Lipinski definition) is 2. The zero-order chi connectivity index (χ0) is 26.8. The monoisotopic (exact) mass is 510 g/mol. The van der Waals surface area contributed by atoms with Gasteiger partial charge in [0, 0.05) is 18.8 Å². The number of nitrogens with two attached hydrogens (primary N) is 1. The van der Waals surface area contributed by atoms with E-state index in [1.165, 1.54) is 5.56 Å². The molecular weight excluding hydrogens is 479 g/mol. The first-order chi connectivity index (χ1) is 18.0. The van der Waals surface area contributed by atoms with Crippen LogP contribution >= 0.6 is 0 Å². The van der Waals surface area contributed by atoms with Crippen molar-refractivity contribution in [1.29, 1.82) is 0 Å². The Balaban J connectivity index is 1.51. The van der Waals surface area contributed by atoms with Crippen molar-refractivity contribution in [2.75, 3.05) is 5.73 Å². The van der Waals surface area contributed by atoms with E-state index in [9.17, 15) is 4.79 Å². The lowest BCUT2D eigenvalue weighted by molar-refractivity contribution is -0.119. The van der Waals surface area contributed by atoms with Crippen LogP contribution in [0.15, 0.2) is 48.7 Å². The van der Waals surface area contributed by atoms with Gasteiger partial charge >= 0.3 is 7.12 Å². The molecule has 2 aliphatic rings. The first-order valence-corrected chi connectivity index (χ1v) is 12.9. The summed E-state index contributed by atoms with van der Waals surface area (Å²) in [5.41, 5.74) is 11.4. The lowest BCUT2D eigenvalue weighted by Crippen LogP contribution is -2.41. The molecule has 1 aliphatic heterocycles. The Hall–Kier alpha value is -3.76. The Labute approximate surface area is 221 Å². The summed E-state index contributed by atoms with van der Waals surface area (Å²) in [4.78, 5) is 25.9. The fourth-order valence-corrected chi connectivity index (χ4v) is 5.24. The Morgan fingerprint density at radius 1 is 1.11 bits per heavy atom. The Morgan fingerprint density at radius 2 is 1.87 bits per heavy atom. The van der Waals surface area contributed by atoms with Crippen molar-refractivity contribution in [2.24, 2.45) is 0 Å². The largest absolute Gasteiger partial charge is 0.514 e. The van der Waals surface area contributed by atoms with E-state index in [2.05, 4.69) is 22.4 Å². The highest BCUT2D eigenvalue weighted by molar-refractivity contribution is 6.61.